The van der Waals surface area contributed by atoms with E-state index < -0.39 is 17.3 Å². The first kappa shape index (κ1) is 25.0. The van der Waals surface area contributed by atoms with Crippen LogP contribution in [-0.2, 0) is 27.1 Å². The molecule has 9 heteroatoms. The summed E-state index contributed by atoms with van der Waals surface area (Å²) in [5, 5.41) is 9.10. The minimum absolute atomic E-state index is 0.0207. The number of halogens is 3. The van der Waals surface area contributed by atoms with E-state index >= 15 is 0 Å². The summed E-state index contributed by atoms with van der Waals surface area (Å²) in [6.07, 6.45) is -3.92. The predicted octanol–water partition coefficient (Wildman–Crippen LogP) is 4.10. The van der Waals surface area contributed by atoms with E-state index in [0.717, 1.165) is 11.6 Å². The molecule has 2 fully saturated rings. The van der Waals surface area contributed by atoms with Gasteiger partial charge in [0.05, 0.1) is 30.4 Å². The van der Waals surface area contributed by atoms with Crippen LogP contribution in [0.25, 0.3) is 0 Å². The van der Waals surface area contributed by atoms with Crippen LogP contribution in [0.3, 0.4) is 0 Å². The standard InChI is InChI=1S/C26H28F3N3O3/c1-34-18-25-9-10-31(24(33)16-35-15-19-5-3-2-4-6-19)13-21(25)14-32(17-25)22-8-7-20(12-30)23(11-22)26(27,28)29/h2-8,11,21H,9-10,13-18H2,1H3/t21-,25+/m1/s1. The normalized spacial score (nSPS) is 22.1. The van der Waals surface area contributed by atoms with Gasteiger partial charge < -0.3 is 19.3 Å². The first-order valence-electron chi connectivity index (χ1n) is 11.5. The zero-order chi connectivity index (χ0) is 25.1. The van der Waals surface area contributed by atoms with Gasteiger partial charge in [-0.05, 0) is 30.2 Å². The van der Waals surface area contributed by atoms with Crippen LogP contribution in [0.4, 0.5) is 18.9 Å². The summed E-state index contributed by atoms with van der Waals surface area (Å²) in [7, 11) is 1.62. The Kier molecular flexibility index (Phi) is 7.33. The van der Waals surface area contributed by atoms with Gasteiger partial charge in [-0.15, -0.1) is 0 Å². The Bertz CT molecular complexity index is 1090. The van der Waals surface area contributed by atoms with Crippen LogP contribution in [0.5, 0.6) is 0 Å². The molecule has 2 aromatic carbocycles. The van der Waals surface area contributed by atoms with Crippen LogP contribution in [-0.4, -0.2) is 57.3 Å². The van der Waals surface area contributed by atoms with E-state index in [9.17, 15) is 18.0 Å². The molecule has 0 bridgehead atoms. The fraction of sp³-hybridized carbons (Fsp3) is 0.462. The molecule has 0 unspecified atom stereocenters. The van der Waals surface area contributed by atoms with Crippen molar-refractivity contribution in [1.82, 2.24) is 4.90 Å². The molecule has 6 nitrogen and oxygen atoms in total. The SMILES string of the molecule is COC[C@@]12CCN(C(=O)COCc3ccccc3)C[C@@H]1CN(c1ccc(C#N)c(C(F)(F)F)c1)C2. The number of carbonyl (C=O) groups is 1. The molecule has 1 amide bonds. The van der Waals surface area contributed by atoms with Crippen LogP contribution in [0.1, 0.15) is 23.1 Å². The Morgan fingerprint density at radius 2 is 1.97 bits per heavy atom. The number of methoxy groups -OCH3 is 1. The van der Waals surface area contributed by atoms with Gasteiger partial charge in [-0.3, -0.25) is 4.79 Å². The largest absolute Gasteiger partial charge is 0.417 e. The van der Waals surface area contributed by atoms with Crippen LogP contribution in [0, 0.1) is 22.7 Å². The van der Waals surface area contributed by atoms with Gasteiger partial charge in [0.15, 0.2) is 0 Å². The second kappa shape index (κ2) is 10.3. The van der Waals surface area contributed by atoms with Crippen LogP contribution < -0.4 is 4.90 Å². The summed E-state index contributed by atoms with van der Waals surface area (Å²) in [6.45, 7) is 2.86. The Labute approximate surface area is 202 Å². The first-order chi connectivity index (χ1) is 16.8. The lowest BCUT2D eigenvalue weighted by molar-refractivity contribution is -0.141. The summed E-state index contributed by atoms with van der Waals surface area (Å²) in [5.74, 6) is -0.0533. The maximum Gasteiger partial charge on any atom is 0.417 e. The van der Waals surface area contributed by atoms with Gasteiger partial charge in [0.25, 0.3) is 0 Å². The number of fused-ring (bicyclic) bond motifs is 1. The molecule has 0 saturated carbocycles. The highest BCUT2D eigenvalue weighted by atomic mass is 19.4. The third kappa shape index (κ3) is 5.44. The lowest BCUT2D eigenvalue weighted by Gasteiger charge is -2.43. The van der Waals surface area contributed by atoms with Crippen molar-refractivity contribution in [3.05, 3.63) is 65.2 Å². The molecule has 0 aliphatic carbocycles. The highest BCUT2D eigenvalue weighted by Gasteiger charge is 2.50. The molecule has 2 aromatic rings. The Balaban J connectivity index is 1.45. The van der Waals surface area contributed by atoms with Crippen molar-refractivity contribution < 1.29 is 27.4 Å². The van der Waals surface area contributed by atoms with Crippen molar-refractivity contribution >= 4 is 11.6 Å². The summed E-state index contributed by atoms with van der Waals surface area (Å²) < 4.78 is 51.6. The van der Waals surface area contributed by atoms with E-state index in [4.69, 9.17) is 14.7 Å². The molecule has 0 aromatic heterocycles. The third-order valence-corrected chi connectivity index (χ3v) is 7.05. The van der Waals surface area contributed by atoms with E-state index in [-0.39, 0.29) is 23.8 Å². The summed E-state index contributed by atoms with van der Waals surface area (Å²) in [5.41, 5.74) is -0.171. The van der Waals surface area contributed by atoms with Crippen molar-refractivity contribution in [3.63, 3.8) is 0 Å². The first-order valence-corrected chi connectivity index (χ1v) is 11.5. The van der Waals surface area contributed by atoms with Crippen molar-refractivity contribution in [2.45, 2.75) is 19.2 Å². The van der Waals surface area contributed by atoms with Crippen molar-refractivity contribution in [1.29, 1.82) is 5.26 Å². The zero-order valence-corrected chi connectivity index (χ0v) is 19.6. The number of ether oxygens (including phenoxy) is 2. The molecular formula is C26H28F3N3O3. The number of amides is 1. The number of nitriles is 1. The monoisotopic (exact) mass is 487 g/mol. The minimum atomic E-state index is -4.61. The van der Waals surface area contributed by atoms with E-state index in [1.54, 1.807) is 24.1 Å². The number of anilines is 1. The lowest BCUT2D eigenvalue weighted by atomic mass is 9.73. The number of benzene rings is 2. The van der Waals surface area contributed by atoms with Gasteiger partial charge in [-0.1, -0.05) is 30.3 Å². The molecule has 2 heterocycles. The lowest BCUT2D eigenvalue weighted by Crippen LogP contribution is -2.51. The van der Waals surface area contributed by atoms with Gasteiger partial charge in [0.1, 0.15) is 6.61 Å². The zero-order valence-electron chi connectivity index (χ0n) is 19.6. The van der Waals surface area contributed by atoms with Crippen molar-refractivity contribution in [2.24, 2.45) is 11.3 Å². The third-order valence-electron chi connectivity index (χ3n) is 7.05. The quantitative estimate of drug-likeness (QED) is 0.589. The number of likely N-dealkylation sites (tertiary alicyclic amines) is 1. The van der Waals surface area contributed by atoms with E-state index in [2.05, 4.69) is 0 Å². The average molecular weight is 488 g/mol. The number of hydrogen-bond acceptors (Lipinski definition) is 5. The molecule has 186 valence electrons. The maximum absolute atomic E-state index is 13.5. The number of rotatable bonds is 7. The molecule has 2 atom stereocenters. The highest BCUT2D eigenvalue weighted by molar-refractivity contribution is 5.77. The number of alkyl halides is 3. The van der Waals surface area contributed by atoms with Crippen molar-refractivity contribution in [2.75, 3.05) is 51.4 Å². The molecule has 2 aliphatic heterocycles. The van der Waals surface area contributed by atoms with Gasteiger partial charge >= 0.3 is 6.18 Å². The molecule has 2 saturated heterocycles. The Morgan fingerprint density at radius 1 is 1.20 bits per heavy atom. The summed E-state index contributed by atoms with van der Waals surface area (Å²) >= 11 is 0. The molecule has 0 N–H and O–H groups in total. The Morgan fingerprint density at radius 3 is 2.66 bits per heavy atom. The second-order valence-electron chi connectivity index (χ2n) is 9.28. The smallest absolute Gasteiger partial charge is 0.384 e. The van der Waals surface area contributed by atoms with E-state index in [1.165, 1.54) is 6.07 Å². The fourth-order valence-corrected chi connectivity index (χ4v) is 5.21. The van der Waals surface area contributed by atoms with Gasteiger partial charge in [0, 0.05) is 50.3 Å². The van der Waals surface area contributed by atoms with Gasteiger partial charge in [-0.2, -0.15) is 18.4 Å². The van der Waals surface area contributed by atoms with Gasteiger partial charge in [-0.25, -0.2) is 0 Å². The molecule has 0 radical (unpaired) electrons. The molecule has 0 spiro atoms. The minimum Gasteiger partial charge on any atom is -0.384 e. The average Bonchev–Trinajstić information content (AvgIpc) is 3.22. The van der Waals surface area contributed by atoms with Crippen LogP contribution >= 0.6 is 0 Å². The van der Waals surface area contributed by atoms with Crippen LogP contribution in [0.2, 0.25) is 0 Å². The molecule has 4 rings (SSSR count). The number of piperidine rings is 1. The molecule has 35 heavy (non-hydrogen) atoms. The molecular weight excluding hydrogens is 459 g/mol. The maximum atomic E-state index is 13.5. The van der Waals surface area contributed by atoms with Crippen LogP contribution in [0.15, 0.2) is 48.5 Å². The predicted molar refractivity (Wildman–Crippen MR) is 123 cm³/mol. The summed E-state index contributed by atoms with van der Waals surface area (Å²) in [6, 6.07) is 15.1. The van der Waals surface area contributed by atoms with E-state index in [0.29, 0.717) is 51.5 Å². The number of hydrogen-bond donors (Lipinski definition) is 0. The van der Waals surface area contributed by atoms with E-state index in [1.807, 2.05) is 35.2 Å². The van der Waals surface area contributed by atoms with Crippen molar-refractivity contribution in [3.8, 4) is 6.07 Å². The fourth-order valence-electron chi connectivity index (χ4n) is 5.21. The Hall–Kier alpha value is -3.09. The topological polar surface area (TPSA) is 65.8 Å². The van der Waals surface area contributed by atoms with Gasteiger partial charge in [0.2, 0.25) is 5.91 Å². The highest BCUT2D eigenvalue weighted by Crippen LogP contribution is 2.45. The number of nitrogens with zero attached hydrogens (tertiary/aromatic N) is 3. The number of carbonyl (C=O) groups excluding carboxylic acids is 1. The summed E-state index contributed by atoms with van der Waals surface area (Å²) in [4.78, 5) is 16.5. The molecule has 2 aliphatic rings. The second-order valence-corrected chi connectivity index (χ2v) is 9.28.